The number of benzene rings is 2. The highest BCUT2D eigenvalue weighted by Gasteiger charge is 2.32. The lowest BCUT2D eigenvalue weighted by Crippen LogP contribution is -2.53. The van der Waals surface area contributed by atoms with Crippen LogP contribution < -0.4 is 5.32 Å². The minimum absolute atomic E-state index is 0.0789. The molecule has 1 N–H and O–H groups in total. The average Bonchev–Trinajstić information content (AvgIpc) is 2.78. The van der Waals surface area contributed by atoms with Crippen molar-refractivity contribution in [3.8, 4) is 0 Å². The molecule has 1 heterocycles. The molecule has 0 aliphatic carbocycles. The number of carbonyl (C=O) groups excluding carboxylic acids is 1. The van der Waals surface area contributed by atoms with E-state index in [1.54, 1.807) is 12.1 Å². The lowest BCUT2D eigenvalue weighted by molar-refractivity contribution is -0.121. The molecular formula is C23H30ClN3O3S. The normalized spacial score (nSPS) is 17.8. The summed E-state index contributed by atoms with van der Waals surface area (Å²) in [5.74, 6) is 0.276. The number of amides is 1. The van der Waals surface area contributed by atoms with E-state index in [9.17, 15) is 13.2 Å². The van der Waals surface area contributed by atoms with Crippen molar-refractivity contribution in [2.75, 3.05) is 31.5 Å². The van der Waals surface area contributed by atoms with E-state index in [4.69, 9.17) is 11.6 Å². The lowest BCUT2D eigenvalue weighted by Gasteiger charge is -2.36. The molecule has 3 rings (SSSR count). The fourth-order valence-corrected chi connectivity index (χ4v) is 5.30. The molecule has 0 unspecified atom stereocenters. The van der Waals surface area contributed by atoms with Crippen LogP contribution in [0.1, 0.15) is 38.7 Å². The molecule has 1 aliphatic heterocycles. The Morgan fingerprint density at radius 1 is 1.03 bits per heavy atom. The first-order valence-corrected chi connectivity index (χ1v) is 12.5. The number of anilines is 1. The molecule has 168 valence electrons. The van der Waals surface area contributed by atoms with Crippen LogP contribution in [0.3, 0.4) is 0 Å². The van der Waals surface area contributed by atoms with Crippen molar-refractivity contribution < 1.29 is 13.2 Å². The van der Waals surface area contributed by atoms with Gasteiger partial charge in [0.05, 0.1) is 10.9 Å². The van der Waals surface area contributed by atoms with Gasteiger partial charge in [-0.1, -0.05) is 43.6 Å². The van der Waals surface area contributed by atoms with Crippen LogP contribution in [0.5, 0.6) is 0 Å². The maximum atomic E-state index is 12.9. The first-order valence-electron chi connectivity index (χ1n) is 10.6. The van der Waals surface area contributed by atoms with Crippen molar-refractivity contribution in [1.29, 1.82) is 0 Å². The van der Waals surface area contributed by atoms with E-state index in [-0.39, 0.29) is 16.8 Å². The Morgan fingerprint density at radius 2 is 1.65 bits per heavy atom. The molecule has 2 aromatic rings. The SMILES string of the molecule is CC[C@@H](C)c1ccccc1NC(=O)[C@H](C)N1CCN(S(=O)(=O)c2ccc(Cl)cc2)CC1. The molecule has 2 aromatic carbocycles. The van der Waals surface area contributed by atoms with E-state index >= 15 is 0 Å². The van der Waals surface area contributed by atoms with Crippen LogP contribution in [0, 0.1) is 0 Å². The van der Waals surface area contributed by atoms with Crippen LogP contribution in [-0.2, 0) is 14.8 Å². The second-order valence-corrected chi connectivity index (χ2v) is 10.3. The fourth-order valence-electron chi connectivity index (χ4n) is 3.75. The Balaban J connectivity index is 1.62. The van der Waals surface area contributed by atoms with Crippen molar-refractivity contribution in [1.82, 2.24) is 9.21 Å². The number of para-hydroxylation sites is 1. The minimum Gasteiger partial charge on any atom is -0.324 e. The first-order chi connectivity index (χ1) is 14.7. The second-order valence-electron chi connectivity index (χ2n) is 7.96. The summed E-state index contributed by atoms with van der Waals surface area (Å²) in [6.07, 6.45) is 0.993. The summed E-state index contributed by atoms with van der Waals surface area (Å²) in [4.78, 5) is 15.2. The zero-order valence-electron chi connectivity index (χ0n) is 18.2. The van der Waals surface area contributed by atoms with Gasteiger partial charge in [0.15, 0.2) is 0 Å². The van der Waals surface area contributed by atoms with Crippen molar-refractivity contribution in [3.63, 3.8) is 0 Å². The number of carbonyl (C=O) groups is 1. The average molecular weight is 464 g/mol. The number of hydrogen-bond acceptors (Lipinski definition) is 4. The second kappa shape index (κ2) is 10.1. The number of hydrogen-bond donors (Lipinski definition) is 1. The molecule has 1 aliphatic rings. The van der Waals surface area contributed by atoms with Crippen molar-refractivity contribution >= 4 is 33.2 Å². The van der Waals surface area contributed by atoms with E-state index in [1.165, 1.54) is 16.4 Å². The maximum absolute atomic E-state index is 12.9. The third-order valence-electron chi connectivity index (χ3n) is 6.01. The van der Waals surface area contributed by atoms with Gasteiger partial charge in [-0.2, -0.15) is 4.31 Å². The minimum atomic E-state index is -3.57. The summed E-state index contributed by atoms with van der Waals surface area (Å²) in [5.41, 5.74) is 1.97. The van der Waals surface area contributed by atoms with Crippen LogP contribution in [0.2, 0.25) is 5.02 Å². The van der Waals surface area contributed by atoms with Crippen LogP contribution in [0.15, 0.2) is 53.4 Å². The van der Waals surface area contributed by atoms with Crippen molar-refractivity contribution in [3.05, 3.63) is 59.1 Å². The van der Waals surface area contributed by atoms with Gasteiger partial charge in [0.25, 0.3) is 0 Å². The van der Waals surface area contributed by atoms with Gasteiger partial charge in [0.2, 0.25) is 15.9 Å². The molecule has 1 fully saturated rings. The molecule has 0 radical (unpaired) electrons. The zero-order chi connectivity index (χ0) is 22.6. The highest BCUT2D eigenvalue weighted by molar-refractivity contribution is 7.89. The lowest BCUT2D eigenvalue weighted by atomic mass is 9.97. The fraction of sp³-hybridized carbons (Fsp3) is 0.435. The van der Waals surface area contributed by atoms with Crippen LogP contribution >= 0.6 is 11.6 Å². The summed E-state index contributed by atoms with van der Waals surface area (Å²) < 4.78 is 27.2. The Bertz CT molecular complexity index is 1000. The molecule has 2 atom stereocenters. The van der Waals surface area contributed by atoms with Gasteiger partial charge in [0, 0.05) is 36.9 Å². The number of rotatable bonds is 7. The summed E-state index contributed by atoms with van der Waals surface area (Å²) in [5, 5.41) is 3.57. The molecule has 1 saturated heterocycles. The summed E-state index contributed by atoms with van der Waals surface area (Å²) in [6, 6.07) is 13.7. The molecule has 31 heavy (non-hydrogen) atoms. The van der Waals surface area contributed by atoms with Gasteiger partial charge in [-0.25, -0.2) is 8.42 Å². The number of nitrogens with zero attached hydrogens (tertiary/aromatic N) is 2. The summed E-state index contributed by atoms with van der Waals surface area (Å²) >= 11 is 5.87. The number of piperazine rings is 1. The largest absolute Gasteiger partial charge is 0.324 e. The van der Waals surface area contributed by atoms with E-state index in [2.05, 4.69) is 25.2 Å². The van der Waals surface area contributed by atoms with Gasteiger partial charge in [-0.05, 0) is 55.2 Å². The van der Waals surface area contributed by atoms with E-state index in [0.717, 1.165) is 17.7 Å². The highest BCUT2D eigenvalue weighted by Crippen LogP contribution is 2.27. The third-order valence-corrected chi connectivity index (χ3v) is 8.18. The molecule has 0 aromatic heterocycles. The van der Waals surface area contributed by atoms with Crippen LogP contribution in [0.25, 0.3) is 0 Å². The Labute approximate surface area is 190 Å². The van der Waals surface area contributed by atoms with Gasteiger partial charge in [0.1, 0.15) is 0 Å². The summed E-state index contributed by atoms with van der Waals surface area (Å²) in [6.45, 7) is 7.81. The molecule has 8 heteroatoms. The smallest absolute Gasteiger partial charge is 0.243 e. The van der Waals surface area contributed by atoms with Gasteiger partial charge in [-0.15, -0.1) is 0 Å². The quantitative estimate of drug-likeness (QED) is 0.668. The van der Waals surface area contributed by atoms with Crippen LogP contribution in [0.4, 0.5) is 5.69 Å². The Morgan fingerprint density at radius 3 is 2.26 bits per heavy atom. The van der Waals surface area contributed by atoms with E-state index in [1.807, 2.05) is 30.0 Å². The molecule has 0 bridgehead atoms. The molecule has 6 nitrogen and oxygen atoms in total. The number of nitrogens with one attached hydrogen (secondary N) is 1. The predicted octanol–water partition coefficient (Wildman–Crippen LogP) is 4.19. The number of sulfonamides is 1. The van der Waals surface area contributed by atoms with E-state index < -0.39 is 10.0 Å². The Kier molecular flexibility index (Phi) is 7.75. The van der Waals surface area contributed by atoms with Crippen molar-refractivity contribution in [2.45, 2.75) is 44.0 Å². The summed E-state index contributed by atoms with van der Waals surface area (Å²) in [7, 11) is -3.57. The maximum Gasteiger partial charge on any atom is 0.243 e. The molecule has 1 amide bonds. The van der Waals surface area contributed by atoms with Gasteiger partial charge < -0.3 is 5.32 Å². The zero-order valence-corrected chi connectivity index (χ0v) is 19.8. The predicted molar refractivity (Wildman–Crippen MR) is 125 cm³/mol. The van der Waals surface area contributed by atoms with Gasteiger partial charge >= 0.3 is 0 Å². The third kappa shape index (κ3) is 5.47. The van der Waals surface area contributed by atoms with Crippen LogP contribution in [-0.4, -0.2) is 55.8 Å². The van der Waals surface area contributed by atoms with Gasteiger partial charge in [-0.3, -0.25) is 9.69 Å². The highest BCUT2D eigenvalue weighted by atomic mass is 35.5. The standard InChI is InChI=1S/C23H30ClN3O3S/c1-4-17(2)21-7-5-6-8-22(21)25-23(28)18(3)26-13-15-27(16-14-26)31(29,30)20-11-9-19(24)10-12-20/h5-12,17-18H,4,13-16H2,1-3H3,(H,25,28)/t17-,18+/m1/s1. The monoisotopic (exact) mass is 463 g/mol. The first kappa shape index (κ1) is 23.7. The van der Waals surface area contributed by atoms with E-state index in [0.29, 0.717) is 37.1 Å². The topological polar surface area (TPSA) is 69.7 Å². The molecule has 0 spiro atoms. The molecular weight excluding hydrogens is 434 g/mol. The Hall–Kier alpha value is -1.93. The number of halogens is 1. The van der Waals surface area contributed by atoms with Crippen molar-refractivity contribution in [2.24, 2.45) is 0 Å². The molecule has 0 saturated carbocycles.